The summed E-state index contributed by atoms with van der Waals surface area (Å²) in [7, 11) is 0. The molecule has 0 aliphatic heterocycles. The maximum atomic E-state index is 11.4. The third kappa shape index (κ3) is 2.22. The van der Waals surface area contributed by atoms with E-state index >= 15 is 0 Å². The Morgan fingerprint density at radius 1 is 1.37 bits per heavy atom. The first kappa shape index (κ1) is 12.8. The van der Waals surface area contributed by atoms with Crippen LogP contribution in [0.15, 0.2) is 31.8 Å². The third-order valence-electron chi connectivity index (χ3n) is 2.69. The number of carbonyl (C=O) groups excluding carboxylic acids is 1. The predicted molar refractivity (Wildman–Crippen MR) is 83.3 cm³/mol. The van der Waals surface area contributed by atoms with E-state index < -0.39 is 5.91 Å². The first-order chi connectivity index (χ1) is 9.06. The lowest BCUT2D eigenvalue weighted by atomic mass is 10.2. The number of halogens is 2. The van der Waals surface area contributed by atoms with Gasteiger partial charge >= 0.3 is 0 Å². The van der Waals surface area contributed by atoms with Crippen LogP contribution in [0.4, 0.5) is 0 Å². The van der Waals surface area contributed by atoms with Gasteiger partial charge in [-0.2, -0.15) is 0 Å². The molecule has 0 bridgehead atoms. The van der Waals surface area contributed by atoms with E-state index in [-0.39, 0.29) is 0 Å². The Kier molecular flexibility index (Phi) is 3.20. The number of primary amides is 1. The van der Waals surface area contributed by atoms with Crippen molar-refractivity contribution in [3.63, 3.8) is 0 Å². The Balaban J connectivity index is 2.25. The Labute approximate surface area is 129 Å². The number of aromatic nitrogens is 2. The van der Waals surface area contributed by atoms with E-state index in [0.717, 1.165) is 18.7 Å². The number of fused-ring (bicyclic) bond motifs is 1. The molecule has 0 unspecified atom stereocenters. The van der Waals surface area contributed by atoms with Crippen molar-refractivity contribution in [3.8, 4) is 11.4 Å². The molecule has 0 spiro atoms. The minimum Gasteiger partial charge on any atom is -0.366 e. The average Bonchev–Trinajstić information content (AvgIpc) is 2.91. The van der Waals surface area contributed by atoms with E-state index in [1.54, 1.807) is 23.5 Å². The molecular weight excluding hydrogens is 394 g/mol. The molecule has 0 aliphatic carbocycles. The van der Waals surface area contributed by atoms with Crippen LogP contribution in [0.3, 0.4) is 0 Å². The van der Waals surface area contributed by atoms with Crippen LogP contribution in [0.25, 0.3) is 22.4 Å². The summed E-state index contributed by atoms with van der Waals surface area (Å²) >= 11 is 8.50. The molecular formula is C12H7Br2N3OS. The molecule has 1 amide bonds. The summed E-state index contributed by atoms with van der Waals surface area (Å²) in [6.07, 6.45) is 0. The highest BCUT2D eigenvalue weighted by atomic mass is 79.9. The normalized spacial score (nSPS) is 11.1. The molecule has 1 aromatic carbocycles. The summed E-state index contributed by atoms with van der Waals surface area (Å²) in [5.74, 6) is 0.228. The summed E-state index contributed by atoms with van der Waals surface area (Å²) in [6, 6.07) is 7.29. The van der Waals surface area contributed by atoms with Crippen molar-refractivity contribution in [1.82, 2.24) is 9.97 Å². The second-order valence-corrected chi connectivity index (χ2v) is 7.64. The van der Waals surface area contributed by atoms with Gasteiger partial charge in [-0.05, 0) is 50.1 Å². The zero-order chi connectivity index (χ0) is 13.6. The third-order valence-corrected chi connectivity index (χ3v) is 5.03. The fourth-order valence-corrected chi connectivity index (χ4v) is 4.67. The molecule has 3 N–H and O–H groups in total. The van der Waals surface area contributed by atoms with Gasteiger partial charge in [-0.15, -0.1) is 11.3 Å². The highest BCUT2D eigenvalue weighted by Crippen LogP contribution is 2.38. The lowest BCUT2D eigenvalue weighted by molar-refractivity contribution is 0.100. The van der Waals surface area contributed by atoms with Crippen molar-refractivity contribution in [2.45, 2.75) is 0 Å². The quantitative estimate of drug-likeness (QED) is 0.684. The van der Waals surface area contributed by atoms with Gasteiger partial charge < -0.3 is 10.7 Å². The SMILES string of the molecule is NC(=O)c1cccc2[nH]c(-c3cc(Br)sc3Br)nc12. The number of amides is 1. The van der Waals surface area contributed by atoms with Crippen LogP contribution in [0.5, 0.6) is 0 Å². The van der Waals surface area contributed by atoms with Crippen molar-refractivity contribution in [3.05, 3.63) is 37.4 Å². The summed E-state index contributed by atoms with van der Waals surface area (Å²) in [4.78, 5) is 19.1. The summed E-state index contributed by atoms with van der Waals surface area (Å²) in [5.41, 5.74) is 8.11. The van der Waals surface area contributed by atoms with Gasteiger partial charge in [0.2, 0.25) is 0 Å². The van der Waals surface area contributed by atoms with Gasteiger partial charge in [0.25, 0.3) is 5.91 Å². The van der Waals surface area contributed by atoms with Gasteiger partial charge in [-0.1, -0.05) is 6.07 Å². The number of nitrogens with one attached hydrogen (secondary N) is 1. The number of rotatable bonds is 2. The van der Waals surface area contributed by atoms with Gasteiger partial charge in [0, 0.05) is 5.56 Å². The topological polar surface area (TPSA) is 71.8 Å². The monoisotopic (exact) mass is 399 g/mol. The Hall–Kier alpha value is -1.18. The fourth-order valence-electron chi connectivity index (χ4n) is 1.86. The minimum atomic E-state index is -0.478. The lowest BCUT2D eigenvalue weighted by Gasteiger charge is -1.94. The van der Waals surface area contributed by atoms with E-state index in [2.05, 4.69) is 41.8 Å². The number of aromatic amines is 1. The standard InChI is InChI=1S/C12H7Br2N3OS/c13-8-4-6(10(14)19-8)12-16-7-3-1-2-5(11(15)18)9(7)17-12/h1-4H,(H2,15,18)(H,16,17). The molecule has 0 fully saturated rings. The van der Waals surface area contributed by atoms with Crippen molar-refractivity contribution in [2.75, 3.05) is 0 Å². The van der Waals surface area contributed by atoms with Crippen molar-refractivity contribution < 1.29 is 4.79 Å². The molecule has 3 rings (SSSR count). The highest BCUT2D eigenvalue weighted by molar-refractivity contribution is 9.12. The number of hydrogen-bond acceptors (Lipinski definition) is 3. The van der Waals surface area contributed by atoms with Crippen molar-refractivity contribution in [1.29, 1.82) is 0 Å². The molecule has 96 valence electrons. The van der Waals surface area contributed by atoms with E-state index in [0.29, 0.717) is 16.9 Å². The van der Waals surface area contributed by atoms with Gasteiger partial charge in [-0.3, -0.25) is 4.79 Å². The zero-order valence-corrected chi connectivity index (χ0v) is 13.4. The number of H-pyrrole nitrogens is 1. The maximum Gasteiger partial charge on any atom is 0.250 e. The largest absolute Gasteiger partial charge is 0.366 e. The molecule has 7 heteroatoms. The van der Waals surface area contributed by atoms with Gasteiger partial charge in [0.15, 0.2) is 0 Å². The molecule has 19 heavy (non-hydrogen) atoms. The number of nitrogens with zero attached hydrogens (tertiary/aromatic N) is 1. The Morgan fingerprint density at radius 3 is 2.79 bits per heavy atom. The second-order valence-electron chi connectivity index (χ2n) is 3.89. The summed E-state index contributed by atoms with van der Waals surface area (Å²) < 4.78 is 1.98. The van der Waals surface area contributed by atoms with Gasteiger partial charge in [0.1, 0.15) is 11.3 Å². The number of hydrogen-bond donors (Lipinski definition) is 2. The Bertz CT molecular complexity index is 793. The zero-order valence-electron chi connectivity index (χ0n) is 9.41. The van der Waals surface area contributed by atoms with E-state index in [1.807, 2.05) is 12.1 Å². The molecule has 4 nitrogen and oxygen atoms in total. The van der Waals surface area contributed by atoms with Crippen LogP contribution in [-0.4, -0.2) is 15.9 Å². The first-order valence-electron chi connectivity index (χ1n) is 5.30. The van der Waals surface area contributed by atoms with Crippen LogP contribution in [0.1, 0.15) is 10.4 Å². The molecule has 0 atom stereocenters. The highest BCUT2D eigenvalue weighted by Gasteiger charge is 2.15. The van der Waals surface area contributed by atoms with Crippen LogP contribution in [0.2, 0.25) is 0 Å². The van der Waals surface area contributed by atoms with E-state index in [4.69, 9.17) is 5.73 Å². The number of carbonyl (C=O) groups is 1. The summed E-state index contributed by atoms with van der Waals surface area (Å²) in [5, 5.41) is 0. The number of imidazole rings is 1. The van der Waals surface area contributed by atoms with Crippen LogP contribution < -0.4 is 5.73 Å². The molecule has 0 aliphatic rings. The van der Waals surface area contributed by atoms with Crippen LogP contribution in [-0.2, 0) is 0 Å². The number of benzene rings is 1. The molecule has 3 aromatic rings. The average molecular weight is 401 g/mol. The molecule has 0 saturated heterocycles. The first-order valence-corrected chi connectivity index (χ1v) is 7.70. The Morgan fingerprint density at radius 2 is 2.16 bits per heavy atom. The van der Waals surface area contributed by atoms with Gasteiger partial charge in [0.05, 0.1) is 18.7 Å². The van der Waals surface area contributed by atoms with E-state index in [1.165, 1.54) is 0 Å². The second kappa shape index (κ2) is 4.73. The predicted octanol–water partition coefficient (Wildman–Crippen LogP) is 3.92. The molecule has 2 aromatic heterocycles. The van der Waals surface area contributed by atoms with Crippen LogP contribution in [0, 0.1) is 0 Å². The van der Waals surface area contributed by atoms with E-state index in [9.17, 15) is 4.79 Å². The molecule has 0 radical (unpaired) electrons. The number of thiophene rings is 1. The molecule has 2 heterocycles. The summed E-state index contributed by atoms with van der Waals surface area (Å²) in [6.45, 7) is 0. The lowest BCUT2D eigenvalue weighted by Crippen LogP contribution is -2.11. The van der Waals surface area contributed by atoms with Crippen molar-refractivity contribution >= 4 is 60.1 Å². The minimum absolute atomic E-state index is 0.422. The van der Waals surface area contributed by atoms with Gasteiger partial charge in [-0.25, -0.2) is 4.98 Å². The van der Waals surface area contributed by atoms with Crippen LogP contribution >= 0.6 is 43.2 Å². The van der Waals surface area contributed by atoms with Crippen molar-refractivity contribution in [2.24, 2.45) is 5.73 Å². The fraction of sp³-hybridized carbons (Fsp3) is 0. The maximum absolute atomic E-state index is 11.4. The smallest absolute Gasteiger partial charge is 0.250 e. The number of para-hydroxylation sites is 1. The number of nitrogens with two attached hydrogens (primary N) is 1. The molecule has 0 saturated carbocycles.